The molecule has 3 N–H and O–H groups in total. The first kappa shape index (κ1) is 23.3. The summed E-state index contributed by atoms with van der Waals surface area (Å²) < 4.78 is 4.56. The monoisotopic (exact) mass is 356 g/mol. The van der Waals surface area contributed by atoms with Gasteiger partial charge in [-0.1, -0.05) is 37.8 Å². The number of aliphatic carboxylic acids is 1. The van der Waals surface area contributed by atoms with Gasteiger partial charge in [-0.3, -0.25) is 4.79 Å². The van der Waals surface area contributed by atoms with Gasteiger partial charge >= 0.3 is 11.9 Å². The van der Waals surface area contributed by atoms with Gasteiger partial charge in [-0.05, 0) is 38.2 Å². The minimum atomic E-state index is -0.943. The molecule has 0 aliphatic rings. The highest BCUT2D eigenvalue weighted by Crippen LogP contribution is 2.20. The smallest absolute Gasteiger partial charge is 0.328 e. The van der Waals surface area contributed by atoms with Crippen molar-refractivity contribution < 1.29 is 29.6 Å². The van der Waals surface area contributed by atoms with E-state index in [1.54, 1.807) is 6.92 Å². The highest BCUT2D eigenvalue weighted by Gasteiger charge is 2.26. The normalized spacial score (nSPS) is 16.2. The topological polar surface area (TPSA) is 104 Å². The molecule has 25 heavy (non-hydrogen) atoms. The Morgan fingerprint density at radius 1 is 1.12 bits per heavy atom. The Morgan fingerprint density at radius 2 is 1.72 bits per heavy atom. The zero-order valence-electron chi connectivity index (χ0n) is 15.7. The molecule has 3 atom stereocenters. The van der Waals surface area contributed by atoms with Crippen LogP contribution in [0.2, 0.25) is 0 Å². The number of allylic oxidation sites excluding steroid dienone is 3. The molecule has 0 aromatic rings. The lowest BCUT2D eigenvalue weighted by atomic mass is 9.93. The van der Waals surface area contributed by atoms with Gasteiger partial charge in [0.05, 0.1) is 19.8 Å². The summed E-state index contributed by atoms with van der Waals surface area (Å²) in [5.41, 5.74) is 1.85. The summed E-state index contributed by atoms with van der Waals surface area (Å²) in [6.07, 6.45) is 6.16. The third-order valence-corrected chi connectivity index (χ3v) is 4.11. The number of aliphatic hydroxyl groups excluding tert-OH is 2. The third kappa shape index (κ3) is 10.7. The lowest BCUT2D eigenvalue weighted by Gasteiger charge is -2.19. The minimum absolute atomic E-state index is 0.419. The molecule has 0 saturated carbocycles. The van der Waals surface area contributed by atoms with Crippen molar-refractivity contribution in [1.29, 1.82) is 0 Å². The zero-order chi connectivity index (χ0) is 19.4. The Morgan fingerprint density at radius 3 is 2.24 bits per heavy atom. The lowest BCUT2D eigenvalue weighted by Crippen LogP contribution is -2.32. The SMILES string of the molecule is COC(=O)C(CO)C(O)CCCCC(C)CC(C)=CC(C)=CC(=O)O. The predicted molar refractivity (Wildman–Crippen MR) is 96.0 cm³/mol. The van der Waals surface area contributed by atoms with E-state index in [0.717, 1.165) is 36.8 Å². The molecular weight excluding hydrogens is 324 g/mol. The van der Waals surface area contributed by atoms with Gasteiger partial charge in [-0.15, -0.1) is 0 Å². The van der Waals surface area contributed by atoms with E-state index in [1.165, 1.54) is 13.2 Å². The molecule has 0 radical (unpaired) electrons. The summed E-state index contributed by atoms with van der Waals surface area (Å²) in [5.74, 6) is -1.97. The molecule has 0 bridgehead atoms. The first-order valence-electron chi connectivity index (χ1n) is 8.66. The Labute approximate surface area is 150 Å². The van der Waals surface area contributed by atoms with Crippen LogP contribution in [0.4, 0.5) is 0 Å². The maximum Gasteiger partial charge on any atom is 0.328 e. The number of aliphatic hydroxyl groups is 2. The fourth-order valence-corrected chi connectivity index (χ4v) is 2.89. The third-order valence-electron chi connectivity index (χ3n) is 4.11. The molecule has 3 unspecified atom stereocenters. The molecular formula is C19H32O6. The van der Waals surface area contributed by atoms with Gasteiger partial charge in [-0.25, -0.2) is 4.79 Å². The van der Waals surface area contributed by atoms with Crippen molar-refractivity contribution in [1.82, 2.24) is 0 Å². The summed E-state index contributed by atoms with van der Waals surface area (Å²) >= 11 is 0. The quantitative estimate of drug-likeness (QED) is 0.215. The number of carbonyl (C=O) groups excluding carboxylic acids is 1. The van der Waals surface area contributed by atoms with E-state index < -0.39 is 30.6 Å². The van der Waals surface area contributed by atoms with Gasteiger partial charge in [0.25, 0.3) is 0 Å². The fourth-order valence-electron chi connectivity index (χ4n) is 2.89. The number of carboxylic acid groups (broad SMARTS) is 1. The number of hydrogen-bond acceptors (Lipinski definition) is 5. The van der Waals surface area contributed by atoms with Gasteiger partial charge in [0.2, 0.25) is 0 Å². The molecule has 0 heterocycles. The molecule has 0 fully saturated rings. The van der Waals surface area contributed by atoms with Crippen molar-refractivity contribution in [3.63, 3.8) is 0 Å². The van der Waals surface area contributed by atoms with Crippen LogP contribution in [-0.4, -0.2) is 47.1 Å². The largest absolute Gasteiger partial charge is 0.478 e. The van der Waals surface area contributed by atoms with Crippen LogP contribution in [0.3, 0.4) is 0 Å². The summed E-state index contributed by atoms with van der Waals surface area (Å²) in [4.78, 5) is 22.0. The van der Waals surface area contributed by atoms with E-state index >= 15 is 0 Å². The van der Waals surface area contributed by atoms with Crippen molar-refractivity contribution in [3.8, 4) is 0 Å². The Bertz CT molecular complexity index is 480. The second-order valence-corrected chi connectivity index (χ2v) is 6.69. The second-order valence-electron chi connectivity index (χ2n) is 6.69. The summed E-state index contributed by atoms with van der Waals surface area (Å²) in [5, 5.41) is 27.8. The number of ether oxygens (including phenoxy) is 1. The number of hydrogen-bond donors (Lipinski definition) is 3. The molecule has 6 heteroatoms. The molecule has 0 aromatic heterocycles. The number of unbranched alkanes of at least 4 members (excludes halogenated alkanes) is 1. The average molecular weight is 356 g/mol. The van der Waals surface area contributed by atoms with E-state index in [-0.39, 0.29) is 0 Å². The molecule has 0 amide bonds. The molecule has 0 aromatic carbocycles. The summed E-state index contributed by atoms with van der Waals surface area (Å²) in [6, 6.07) is 0. The number of carbonyl (C=O) groups is 2. The van der Waals surface area contributed by atoms with Crippen LogP contribution >= 0.6 is 0 Å². The molecule has 0 aliphatic carbocycles. The first-order valence-corrected chi connectivity index (χ1v) is 8.66. The first-order chi connectivity index (χ1) is 11.7. The van der Waals surface area contributed by atoms with Gasteiger partial charge in [0.1, 0.15) is 5.92 Å². The van der Waals surface area contributed by atoms with Gasteiger partial charge < -0.3 is 20.1 Å². The van der Waals surface area contributed by atoms with E-state index in [4.69, 9.17) is 10.2 Å². The lowest BCUT2D eigenvalue weighted by molar-refractivity contribution is -0.151. The Balaban J connectivity index is 4.19. The van der Waals surface area contributed by atoms with Crippen LogP contribution in [-0.2, 0) is 14.3 Å². The molecule has 0 aliphatic heterocycles. The molecule has 0 rings (SSSR count). The van der Waals surface area contributed by atoms with Crippen LogP contribution in [0, 0.1) is 11.8 Å². The van der Waals surface area contributed by atoms with Crippen molar-refractivity contribution in [3.05, 3.63) is 23.3 Å². The Kier molecular flexibility index (Phi) is 11.8. The second kappa shape index (κ2) is 12.7. The summed E-state index contributed by atoms with van der Waals surface area (Å²) in [6.45, 7) is 5.47. The number of methoxy groups -OCH3 is 1. The van der Waals surface area contributed by atoms with Crippen LogP contribution in [0.15, 0.2) is 23.3 Å². The van der Waals surface area contributed by atoms with E-state index in [0.29, 0.717) is 12.3 Å². The number of rotatable bonds is 12. The van der Waals surface area contributed by atoms with Crippen LogP contribution < -0.4 is 0 Å². The highest BCUT2D eigenvalue weighted by molar-refractivity contribution is 5.81. The standard InChI is InChI=1S/C19H32O6/c1-13(9-14(2)10-15(3)11-18(22)23)7-5-6-8-17(21)16(12-20)19(24)25-4/h10-11,13,16-17,20-21H,5-9,12H2,1-4H3,(H,22,23). The van der Waals surface area contributed by atoms with Crippen LogP contribution in [0.5, 0.6) is 0 Å². The Hall–Kier alpha value is -1.66. The van der Waals surface area contributed by atoms with Crippen LogP contribution in [0.1, 0.15) is 52.9 Å². The average Bonchev–Trinajstić information content (AvgIpc) is 2.50. The molecule has 0 spiro atoms. The van der Waals surface area contributed by atoms with Gasteiger partial charge in [0, 0.05) is 6.08 Å². The molecule has 6 nitrogen and oxygen atoms in total. The van der Waals surface area contributed by atoms with Gasteiger partial charge in [-0.2, -0.15) is 0 Å². The van der Waals surface area contributed by atoms with Crippen molar-refractivity contribution in [2.75, 3.05) is 13.7 Å². The zero-order valence-corrected chi connectivity index (χ0v) is 15.7. The minimum Gasteiger partial charge on any atom is -0.478 e. The van der Waals surface area contributed by atoms with Crippen molar-refractivity contribution in [2.24, 2.45) is 11.8 Å². The van der Waals surface area contributed by atoms with Crippen LogP contribution in [0.25, 0.3) is 0 Å². The van der Waals surface area contributed by atoms with Crippen molar-refractivity contribution in [2.45, 2.75) is 59.0 Å². The number of esters is 1. The van der Waals surface area contributed by atoms with E-state index in [2.05, 4.69) is 11.7 Å². The van der Waals surface area contributed by atoms with E-state index in [9.17, 15) is 14.7 Å². The number of carboxylic acids is 1. The van der Waals surface area contributed by atoms with Gasteiger partial charge in [0.15, 0.2) is 0 Å². The van der Waals surface area contributed by atoms with Crippen molar-refractivity contribution >= 4 is 11.9 Å². The fraction of sp³-hybridized carbons (Fsp3) is 0.684. The highest BCUT2D eigenvalue weighted by atomic mass is 16.5. The van der Waals surface area contributed by atoms with E-state index in [1.807, 2.05) is 13.0 Å². The predicted octanol–water partition coefficient (Wildman–Crippen LogP) is 2.69. The molecule has 0 saturated heterocycles. The maximum atomic E-state index is 11.4. The summed E-state index contributed by atoms with van der Waals surface area (Å²) in [7, 11) is 1.24. The maximum absolute atomic E-state index is 11.4. The molecule has 144 valence electrons.